The molecule has 0 radical (unpaired) electrons. The fraction of sp³-hybridized carbons (Fsp3) is 0.259. The fourth-order valence-corrected chi connectivity index (χ4v) is 4.40. The van der Waals surface area contributed by atoms with E-state index in [-0.39, 0.29) is 36.6 Å². The van der Waals surface area contributed by atoms with Crippen LogP contribution in [0.2, 0.25) is 0 Å². The molecule has 186 valence electrons. The van der Waals surface area contributed by atoms with Crippen LogP contribution < -0.4 is 5.32 Å². The first-order chi connectivity index (χ1) is 17.2. The number of fused-ring (bicyclic) bond motifs is 3. The molecule has 0 fully saturated rings. The number of carbonyl (C=O) groups excluding carboxylic acids is 1. The van der Waals surface area contributed by atoms with E-state index in [1.54, 1.807) is 6.07 Å². The van der Waals surface area contributed by atoms with Crippen LogP contribution in [0, 0.1) is 11.3 Å². The van der Waals surface area contributed by atoms with Gasteiger partial charge in [0.15, 0.2) is 0 Å². The summed E-state index contributed by atoms with van der Waals surface area (Å²) in [5.74, 6) is -0.120. The van der Waals surface area contributed by atoms with E-state index >= 15 is 0 Å². The smallest absolute Gasteiger partial charge is 0.416 e. The summed E-state index contributed by atoms with van der Waals surface area (Å²) in [4.78, 5) is 12.2. The first kappa shape index (κ1) is 25.2. The van der Waals surface area contributed by atoms with Crippen LogP contribution in [0.25, 0.3) is 11.1 Å². The molecule has 0 aliphatic heterocycles. The van der Waals surface area contributed by atoms with Gasteiger partial charge < -0.3 is 20.3 Å². The van der Waals surface area contributed by atoms with Gasteiger partial charge in [0, 0.05) is 12.5 Å². The van der Waals surface area contributed by atoms with Crippen molar-refractivity contribution >= 4 is 6.09 Å². The molecule has 3 aromatic carbocycles. The Kier molecular flexibility index (Phi) is 7.29. The number of hydrogen-bond acceptors (Lipinski definition) is 5. The van der Waals surface area contributed by atoms with Crippen molar-refractivity contribution in [1.29, 1.82) is 5.26 Å². The number of alkyl carbamates (subject to hydrolysis) is 1. The molecule has 0 aromatic heterocycles. The average Bonchev–Trinajstić information content (AvgIpc) is 3.19. The van der Waals surface area contributed by atoms with Gasteiger partial charge in [0.25, 0.3) is 0 Å². The maximum absolute atomic E-state index is 13.1. The van der Waals surface area contributed by atoms with Crippen LogP contribution in [0.3, 0.4) is 0 Å². The Hall–Kier alpha value is -3.87. The molecular formula is C27H23F3N2O4. The van der Waals surface area contributed by atoms with E-state index in [1.165, 1.54) is 0 Å². The van der Waals surface area contributed by atoms with Gasteiger partial charge in [0.1, 0.15) is 12.7 Å². The molecular weight excluding hydrogens is 473 g/mol. The van der Waals surface area contributed by atoms with Crippen molar-refractivity contribution in [3.63, 3.8) is 0 Å². The van der Waals surface area contributed by atoms with Crippen LogP contribution in [0.5, 0.6) is 0 Å². The van der Waals surface area contributed by atoms with Gasteiger partial charge in [-0.3, -0.25) is 0 Å². The standard InChI is InChI=1S/C27H23F3N2O4/c28-27(29,30)18-12-16(14-31)11-17(13-18)25(34)24(33)9-10-32-26(35)36-15-23-21-7-3-1-5-19(21)20-6-2-4-8-22(20)23/h1-8,11-13,23-25,33-34H,9-10,15H2,(H,32,35). The van der Waals surface area contributed by atoms with Gasteiger partial charge >= 0.3 is 12.3 Å². The van der Waals surface area contributed by atoms with Crippen molar-refractivity contribution in [2.45, 2.75) is 30.7 Å². The van der Waals surface area contributed by atoms with Crippen molar-refractivity contribution in [1.82, 2.24) is 5.32 Å². The summed E-state index contributed by atoms with van der Waals surface area (Å²) < 4.78 is 44.6. The molecule has 9 heteroatoms. The average molecular weight is 496 g/mol. The Bertz CT molecular complexity index is 1260. The number of aliphatic hydroxyl groups is 2. The van der Waals surface area contributed by atoms with Gasteiger partial charge in [-0.25, -0.2) is 4.79 Å². The lowest BCUT2D eigenvalue weighted by atomic mass is 9.97. The van der Waals surface area contributed by atoms with Crippen molar-refractivity contribution in [3.8, 4) is 17.2 Å². The zero-order valence-electron chi connectivity index (χ0n) is 19.0. The Morgan fingerprint density at radius 1 is 1.03 bits per heavy atom. The lowest BCUT2D eigenvalue weighted by Gasteiger charge is -2.20. The molecule has 1 aliphatic carbocycles. The van der Waals surface area contributed by atoms with Crippen molar-refractivity contribution < 1.29 is 32.9 Å². The second-order valence-corrected chi connectivity index (χ2v) is 8.51. The zero-order valence-corrected chi connectivity index (χ0v) is 19.0. The zero-order chi connectivity index (χ0) is 25.9. The number of halogens is 3. The molecule has 0 bridgehead atoms. The van der Waals surface area contributed by atoms with E-state index in [0.29, 0.717) is 12.1 Å². The summed E-state index contributed by atoms with van der Waals surface area (Å²) in [5, 5.41) is 32.1. The summed E-state index contributed by atoms with van der Waals surface area (Å²) in [5.41, 5.74) is 2.67. The maximum atomic E-state index is 13.1. The topological polar surface area (TPSA) is 103 Å². The Labute approximate surface area is 205 Å². The molecule has 36 heavy (non-hydrogen) atoms. The van der Waals surface area contributed by atoms with Crippen LogP contribution in [-0.4, -0.2) is 35.6 Å². The summed E-state index contributed by atoms with van der Waals surface area (Å²) >= 11 is 0. The Morgan fingerprint density at radius 3 is 2.22 bits per heavy atom. The number of alkyl halides is 3. The van der Waals surface area contributed by atoms with Gasteiger partial charge in [-0.15, -0.1) is 0 Å². The molecule has 3 aromatic rings. The second kappa shape index (κ2) is 10.4. The van der Waals surface area contributed by atoms with Gasteiger partial charge in [-0.1, -0.05) is 48.5 Å². The SMILES string of the molecule is N#Cc1cc(C(O)C(O)CCNC(=O)OCC2c3ccccc3-c3ccccc32)cc(C(F)(F)F)c1. The number of amides is 1. The highest BCUT2D eigenvalue weighted by atomic mass is 19.4. The van der Waals surface area contributed by atoms with Crippen LogP contribution in [0.4, 0.5) is 18.0 Å². The van der Waals surface area contributed by atoms with Crippen molar-refractivity contribution in [2.24, 2.45) is 0 Å². The van der Waals surface area contributed by atoms with Gasteiger partial charge in [-0.2, -0.15) is 18.4 Å². The van der Waals surface area contributed by atoms with Crippen LogP contribution >= 0.6 is 0 Å². The summed E-state index contributed by atoms with van der Waals surface area (Å²) in [6.45, 7) is 0.0190. The monoisotopic (exact) mass is 496 g/mol. The number of benzene rings is 3. The van der Waals surface area contributed by atoms with Gasteiger partial charge in [0.2, 0.25) is 0 Å². The van der Waals surface area contributed by atoms with Crippen molar-refractivity contribution in [3.05, 3.63) is 94.5 Å². The predicted octanol–water partition coefficient (Wildman–Crippen LogP) is 4.90. The van der Waals surface area contributed by atoms with Gasteiger partial charge in [0.05, 0.1) is 23.3 Å². The second-order valence-electron chi connectivity index (χ2n) is 8.51. The first-order valence-electron chi connectivity index (χ1n) is 11.3. The lowest BCUT2D eigenvalue weighted by molar-refractivity contribution is -0.137. The largest absolute Gasteiger partial charge is 0.449 e. The third-order valence-electron chi connectivity index (χ3n) is 6.17. The third kappa shape index (κ3) is 5.35. The van der Waals surface area contributed by atoms with E-state index in [4.69, 9.17) is 10.00 Å². The minimum Gasteiger partial charge on any atom is -0.449 e. The van der Waals surface area contributed by atoms with E-state index in [1.807, 2.05) is 48.5 Å². The van der Waals surface area contributed by atoms with Crippen LogP contribution in [-0.2, 0) is 10.9 Å². The van der Waals surface area contributed by atoms with E-state index in [0.717, 1.165) is 28.3 Å². The number of nitrogens with zero attached hydrogens (tertiary/aromatic N) is 1. The minimum atomic E-state index is -4.71. The Morgan fingerprint density at radius 2 is 1.64 bits per heavy atom. The summed E-state index contributed by atoms with van der Waals surface area (Å²) in [6.07, 6.45) is -8.73. The number of ether oxygens (including phenoxy) is 1. The molecule has 3 N–H and O–H groups in total. The maximum Gasteiger partial charge on any atom is 0.416 e. The molecule has 0 heterocycles. The number of rotatable bonds is 7. The number of hydrogen-bond donors (Lipinski definition) is 3. The highest BCUT2D eigenvalue weighted by Gasteiger charge is 2.33. The summed E-state index contributed by atoms with van der Waals surface area (Å²) in [7, 11) is 0. The first-order valence-corrected chi connectivity index (χ1v) is 11.3. The molecule has 1 aliphatic rings. The van der Waals surface area contributed by atoms with E-state index in [2.05, 4.69) is 5.32 Å². The highest BCUT2D eigenvalue weighted by Crippen LogP contribution is 2.44. The lowest BCUT2D eigenvalue weighted by Crippen LogP contribution is -2.30. The van der Waals surface area contributed by atoms with Crippen molar-refractivity contribution in [2.75, 3.05) is 13.2 Å². The van der Waals surface area contributed by atoms with Gasteiger partial charge in [-0.05, 0) is 52.4 Å². The third-order valence-corrected chi connectivity index (χ3v) is 6.17. The molecule has 6 nitrogen and oxygen atoms in total. The number of carbonyl (C=O) groups is 1. The molecule has 2 atom stereocenters. The highest BCUT2D eigenvalue weighted by molar-refractivity contribution is 5.79. The molecule has 0 spiro atoms. The number of nitriles is 1. The Balaban J connectivity index is 1.31. The quantitative estimate of drug-likeness (QED) is 0.432. The van der Waals surface area contributed by atoms with E-state index in [9.17, 15) is 28.2 Å². The normalized spacial score (nSPS) is 14.3. The number of aliphatic hydroxyl groups excluding tert-OH is 2. The molecule has 0 saturated carbocycles. The number of nitrogens with one attached hydrogen (secondary N) is 1. The molecule has 0 saturated heterocycles. The fourth-order valence-electron chi connectivity index (χ4n) is 4.40. The van der Waals surface area contributed by atoms with Crippen LogP contribution in [0.1, 0.15) is 46.3 Å². The summed E-state index contributed by atoms with van der Waals surface area (Å²) in [6, 6.07) is 19.8. The van der Waals surface area contributed by atoms with E-state index < -0.39 is 30.0 Å². The predicted molar refractivity (Wildman–Crippen MR) is 125 cm³/mol. The molecule has 1 amide bonds. The molecule has 2 unspecified atom stereocenters. The molecule has 4 rings (SSSR count). The minimum absolute atomic E-state index is 0.0844. The van der Waals surface area contributed by atoms with Crippen LogP contribution in [0.15, 0.2) is 66.7 Å².